The van der Waals surface area contributed by atoms with Gasteiger partial charge in [-0.15, -0.1) is 6.58 Å². The van der Waals surface area contributed by atoms with Crippen molar-refractivity contribution < 1.29 is 0 Å². The minimum absolute atomic E-state index is 0.286. The summed E-state index contributed by atoms with van der Waals surface area (Å²) in [4.78, 5) is 15.0. The monoisotopic (exact) mass is 175 g/mol. The third-order valence-corrected chi connectivity index (χ3v) is 1.82. The Hall–Kier alpha value is -1.75. The summed E-state index contributed by atoms with van der Waals surface area (Å²) in [6.07, 6.45) is 4.64. The van der Waals surface area contributed by atoms with Crippen LogP contribution in [0.1, 0.15) is 11.7 Å². The predicted molar refractivity (Wildman–Crippen MR) is 48.8 cm³/mol. The van der Waals surface area contributed by atoms with Crippen LogP contribution in [0, 0.1) is 0 Å². The molecule has 0 aliphatic carbocycles. The molecule has 66 valence electrons. The van der Waals surface area contributed by atoms with Gasteiger partial charge in [0.15, 0.2) is 5.65 Å². The van der Waals surface area contributed by atoms with Crippen molar-refractivity contribution in [3.05, 3.63) is 31.0 Å². The summed E-state index contributed by atoms with van der Waals surface area (Å²) in [6.45, 7) is 3.61. The van der Waals surface area contributed by atoms with Crippen LogP contribution in [0.2, 0.25) is 0 Å². The van der Waals surface area contributed by atoms with Gasteiger partial charge < -0.3 is 10.7 Å². The van der Waals surface area contributed by atoms with Crippen molar-refractivity contribution in [1.29, 1.82) is 0 Å². The molecule has 2 rings (SSSR count). The zero-order valence-corrected chi connectivity index (χ0v) is 6.94. The summed E-state index contributed by atoms with van der Waals surface area (Å²) >= 11 is 0. The van der Waals surface area contributed by atoms with Crippen LogP contribution >= 0.6 is 0 Å². The molecule has 5 heteroatoms. The maximum Gasteiger partial charge on any atom is 0.180 e. The highest BCUT2D eigenvalue weighted by Crippen LogP contribution is 2.15. The van der Waals surface area contributed by atoms with Gasteiger partial charge in [0.2, 0.25) is 0 Å². The minimum Gasteiger partial charge on any atom is -0.342 e. The van der Waals surface area contributed by atoms with Crippen molar-refractivity contribution in [3.8, 4) is 0 Å². The molecule has 0 spiro atoms. The van der Waals surface area contributed by atoms with Crippen LogP contribution in [0.5, 0.6) is 0 Å². The number of nitrogens with zero attached hydrogens (tertiary/aromatic N) is 3. The van der Waals surface area contributed by atoms with Crippen molar-refractivity contribution in [2.75, 3.05) is 0 Å². The highest BCUT2D eigenvalue weighted by atomic mass is 15.0. The second-order valence-corrected chi connectivity index (χ2v) is 2.62. The summed E-state index contributed by atoms with van der Waals surface area (Å²) < 4.78 is 0. The van der Waals surface area contributed by atoms with Gasteiger partial charge in [-0.3, -0.25) is 0 Å². The molecule has 0 aliphatic rings. The average Bonchev–Trinajstić information content (AvgIpc) is 2.63. The maximum absolute atomic E-state index is 5.76. The lowest BCUT2D eigenvalue weighted by atomic mass is 10.2. The SMILES string of the molecule is C=CC(N)c1ncnc2nc[nH]c12. The average molecular weight is 175 g/mol. The molecule has 0 aliphatic heterocycles. The molecule has 0 fully saturated rings. The summed E-state index contributed by atoms with van der Waals surface area (Å²) in [5.74, 6) is 0. The Balaban J connectivity index is 2.67. The molecule has 0 saturated carbocycles. The Morgan fingerprint density at radius 3 is 3.08 bits per heavy atom. The number of rotatable bonds is 2. The molecular formula is C8H9N5. The smallest absolute Gasteiger partial charge is 0.180 e. The van der Waals surface area contributed by atoms with Crippen molar-refractivity contribution in [1.82, 2.24) is 19.9 Å². The highest BCUT2D eigenvalue weighted by molar-refractivity contribution is 5.72. The topological polar surface area (TPSA) is 80.5 Å². The number of H-pyrrole nitrogens is 1. The second kappa shape index (κ2) is 2.95. The fraction of sp³-hybridized carbons (Fsp3) is 0.125. The van der Waals surface area contributed by atoms with Crippen molar-refractivity contribution in [2.45, 2.75) is 6.04 Å². The Morgan fingerprint density at radius 2 is 2.31 bits per heavy atom. The van der Waals surface area contributed by atoms with Gasteiger partial charge in [-0.2, -0.15) is 0 Å². The van der Waals surface area contributed by atoms with E-state index in [0.717, 1.165) is 11.2 Å². The van der Waals surface area contributed by atoms with E-state index in [-0.39, 0.29) is 6.04 Å². The molecule has 0 bridgehead atoms. The van der Waals surface area contributed by atoms with Crippen LogP contribution in [0.4, 0.5) is 0 Å². The van der Waals surface area contributed by atoms with E-state index in [1.807, 2.05) is 0 Å². The first-order chi connectivity index (χ1) is 6.33. The van der Waals surface area contributed by atoms with E-state index in [0.29, 0.717) is 5.65 Å². The number of aromatic amines is 1. The lowest BCUT2D eigenvalue weighted by molar-refractivity contribution is 0.865. The molecule has 1 unspecified atom stereocenters. The van der Waals surface area contributed by atoms with E-state index in [9.17, 15) is 0 Å². The van der Waals surface area contributed by atoms with Crippen LogP contribution in [0.3, 0.4) is 0 Å². The first-order valence-corrected chi connectivity index (χ1v) is 3.85. The normalized spacial score (nSPS) is 13.0. The van der Waals surface area contributed by atoms with Crippen molar-refractivity contribution in [3.63, 3.8) is 0 Å². The molecule has 0 radical (unpaired) electrons. The lowest BCUT2D eigenvalue weighted by Gasteiger charge is -2.04. The van der Waals surface area contributed by atoms with E-state index < -0.39 is 0 Å². The number of nitrogens with two attached hydrogens (primary N) is 1. The number of imidazole rings is 1. The van der Waals surface area contributed by atoms with Crippen molar-refractivity contribution >= 4 is 11.2 Å². The van der Waals surface area contributed by atoms with Crippen LogP contribution in [0.15, 0.2) is 25.3 Å². The number of fused-ring (bicyclic) bond motifs is 1. The number of aromatic nitrogens is 4. The Labute approximate surface area is 74.7 Å². The summed E-state index contributed by atoms with van der Waals surface area (Å²) in [6, 6.07) is -0.286. The zero-order valence-electron chi connectivity index (χ0n) is 6.94. The Morgan fingerprint density at radius 1 is 1.46 bits per heavy atom. The summed E-state index contributed by atoms with van der Waals surface area (Å²) in [5, 5.41) is 0. The first-order valence-electron chi connectivity index (χ1n) is 3.85. The fourth-order valence-electron chi connectivity index (χ4n) is 1.15. The second-order valence-electron chi connectivity index (χ2n) is 2.62. The Kier molecular flexibility index (Phi) is 1.79. The zero-order chi connectivity index (χ0) is 9.26. The third-order valence-electron chi connectivity index (χ3n) is 1.82. The van der Waals surface area contributed by atoms with Crippen LogP contribution < -0.4 is 5.73 Å². The molecule has 5 nitrogen and oxygen atoms in total. The summed E-state index contributed by atoms with van der Waals surface area (Å²) in [7, 11) is 0. The molecule has 0 saturated heterocycles. The molecule has 13 heavy (non-hydrogen) atoms. The predicted octanol–water partition coefficient (Wildman–Crippen LogP) is 0.539. The van der Waals surface area contributed by atoms with E-state index in [1.54, 1.807) is 12.4 Å². The van der Waals surface area contributed by atoms with Crippen LogP contribution in [0.25, 0.3) is 11.2 Å². The summed E-state index contributed by atoms with van der Waals surface area (Å²) in [5.41, 5.74) is 7.88. The molecular weight excluding hydrogens is 166 g/mol. The van der Waals surface area contributed by atoms with Gasteiger partial charge in [0.1, 0.15) is 11.8 Å². The number of hydrogen-bond acceptors (Lipinski definition) is 4. The molecule has 2 heterocycles. The van der Waals surface area contributed by atoms with Gasteiger partial charge >= 0.3 is 0 Å². The molecule has 0 aromatic carbocycles. The maximum atomic E-state index is 5.76. The van der Waals surface area contributed by atoms with Gasteiger partial charge in [-0.25, -0.2) is 15.0 Å². The standard InChI is InChI=1S/C8H9N5/c1-2-5(9)6-7-8(12-3-10-6)13-4-11-7/h2-5H,1,9H2,(H,10,11,12,13). The lowest BCUT2D eigenvalue weighted by Crippen LogP contribution is -2.09. The van der Waals surface area contributed by atoms with Crippen LogP contribution in [-0.2, 0) is 0 Å². The molecule has 2 aromatic heterocycles. The first kappa shape index (κ1) is 7.88. The third kappa shape index (κ3) is 1.19. The van der Waals surface area contributed by atoms with Crippen LogP contribution in [-0.4, -0.2) is 19.9 Å². The largest absolute Gasteiger partial charge is 0.342 e. The van der Waals surface area contributed by atoms with E-state index in [1.165, 1.54) is 6.33 Å². The molecule has 3 N–H and O–H groups in total. The van der Waals surface area contributed by atoms with Crippen molar-refractivity contribution in [2.24, 2.45) is 5.73 Å². The van der Waals surface area contributed by atoms with Gasteiger partial charge in [-0.05, 0) is 0 Å². The van der Waals surface area contributed by atoms with Gasteiger partial charge in [0.05, 0.1) is 18.1 Å². The fourth-order valence-corrected chi connectivity index (χ4v) is 1.15. The highest BCUT2D eigenvalue weighted by Gasteiger charge is 2.09. The number of hydrogen-bond donors (Lipinski definition) is 2. The Bertz CT molecular complexity index is 433. The molecule has 0 amide bonds. The molecule has 2 aromatic rings. The number of nitrogens with one attached hydrogen (secondary N) is 1. The van der Waals surface area contributed by atoms with Gasteiger partial charge in [0.25, 0.3) is 0 Å². The molecule has 1 atom stereocenters. The van der Waals surface area contributed by atoms with E-state index in [2.05, 4.69) is 26.5 Å². The van der Waals surface area contributed by atoms with Gasteiger partial charge in [-0.1, -0.05) is 6.08 Å². The quantitative estimate of drug-likeness (QED) is 0.653. The van der Waals surface area contributed by atoms with E-state index >= 15 is 0 Å². The minimum atomic E-state index is -0.286. The van der Waals surface area contributed by atoms with E-state index in [4.69, 9.17) is 5.73 Å². The van der Waals surface area contributed by atoms with Gasteiger partial charge in [0, 0.05) is 0 Å².